The minimum Gasteiger partial charge on any atom is -0.393 e. The number of hydrogen-bond donors (Lipinski definition) is 1. The first-order chi connectivity index (χ1) is 6.56. The van der Waals surface area contributed by atoms with Crippen LogP contribution < -0.4 is 5.73 Å². The van der Waals surface area contributed by atoms with Crippen LogP contribution in [0.3, 0.4) is 0 Å². The Morgan fingerprint density at radius 2 is 2.29 bits per heavy atom. The van der Waals surface area contributed by atoms with Crippen molar-refractivity contribution in [3.63, 3.8) is 0 Å². The van der Waals surface area contributed by atoms with Gasteiger partial charge in [0.05, 0.1) is 4.92 Å². The zero-order valence-electron chi connectivity index (χ0n) is 7.37. The lowest BCUT2D eigenvalue weighted by Crippen LogP contribution is -1.99. The monoisotopic (exact) mass is 212 g/mol. The number of hydrogen-bond acceptors (Lipinski definition) is 3. The number of benzene rings is 1. The Kier molecular flexibility index (Phi) is 3.09. The van der Waals surface area contributed by atoms with Gasteiger partial charge >= 0.3 is 0 Å². The van der Waals surface area contributed by atoms with Crippen LogP contribution in [0, 0.1) is 10.1 Å². The van der Waals surface area contributed by atoms with Gasteiger partial charge in [0.15, 0.2) is 0 Å². The van der Waals surface area contributed by atoms with E-state index in [0.29, 0.717) is 17.0 Å². The van der Waals surface area contributed by atoms with Crippen LogP contribution in [0.1, 0.15) is 5.56 Å². The molecule has 0 aromatic heterocycles. The van der Waals surface area contributed by atoms with Crippen LogP contribution in [0.2, 0.25) is 5.02 Å². The van der Waals surface area contributed by atoms with E-state index in [1.54, 1.807) is 12.1 Å². The van der Waals surface area contributed by atoms with Gasteiger partial charge in [-0.25, -0.2) is 0 Å². The molecule has 0 saturated carbocycles. The van der Waals surface area contributed by atoms with Crippen molar-refractivity contribution in [2.75, 3.05) is 5.73 Å². The highest BCUT2D eigenvalue weighted by Crippen LogP contribution is 2.29. The third-order valence-electron chi connectivity index (χ3n) is 1.77. The second-order valence-corrected chi connectivity index (χ2v) is 3.18. The maximum Gasteiger partial charge on any atom is 0.293 e. The number of nitro groups is 1. The SMILES string of the molecule is C=CCc1cc(Cl)cc([N+](=O)[O-])c1N. The molecule has 0 fully saturated rings. The largest absolute Gasteiger partial charge is 0.393 e. The van der Waals surface area contributed by atoms with Gasteiger partial charge in [0.25, 0.3) is 5.69 Å². The predicted octanol–water partition coefficient (Wildman–Crippen LogP) is 2.56. The number of nitrogen functional groups attached to an aromatic ring is 1. The highest BCUT2D eigenvalue weighted by molar-refractivity contribution is 6.31. The first-order valence-electron chi connectivity index (χ1n) is 3.89. The maximum atomic E-state index is 10.6. The van der Waals surface area contributed by atoms with Crippen LogP contribution >= 0.6 is 11.6 Å². The van der Waals surface area contributed by atoms with Gasteiger partial charge in [-0.1, -0.05) is 17.7 Å². The molecule has 1 aromatic carbocycles. The molecule has 4 nitrogen and oxygen atoms in total. The summed E-state index contributed by atoms with van der Waals surface area (Å²) in [5, 5.41) is 10.9. The van der Waals surface area contributed by atoms with Gasteiger partial charge in [-0.3, -0.25) is 10.1 Å². The summed E-state index contributed by atoms with van der Waals surface area (Å²) in [7, 11) is 0. The first kappa shape index (κ1) is 10.5. The van der Waals surface area contributed by atoms with Crippen molar-refractivity contribution in [3.05, 3.63) is 45.5 Å². The van der Waals surface area contributed by atoms with Gasteiger partial charge in [-0.05, 0) is 18.1 Å². The van der Waals surface area contributed by atoms with E-state index in [0.717, 1.165) is 0 Å². The zero-order chi connectivity index (χ0) is 10.7. The number of nitrogens with zero attached hydrogens (tertiary/aromatic N) is 1. The summed E-state index contributed by atoms with van der Waals surface area (Å²) >= 11 is 5.71. The number of allylic oxidation sites excluding steroid dienone is 1. The van der Waals surface area contributed by atoms with Crippen LogP contribution in [-0.4, -0.2) is 4.92 Å². The molecule has 74 valence electrons. The van der Waals surface area contributed by atoms with Crippen LogP contribution in [-0.2, 0) is 6.42 Å². The molecule has 0 bridgehead atoms. The maximum absolute atomic E-state index is 10.6. The van der Waals surface area contributed by atoms with E-state index in [-0.39, 0.29) is 11.4 Å². The van der Waals surface area contributed by atoms with E-state index in [4.69, 9.17) is 17.3 Å². The molecule has 1 aromatic rings. The van der Waals surface area contributed by atoms with Gasteiger partial charge < -0.3 is 5.73 Å². The Balaban J connectivity index is 3.31. The minimum absolute atomic E-state index is 0.152. The average molecular weight is 213 g/mol. The predicted molar refractivity (Wildman–Crippen MR) is 56.4 cm³/mol. The molecule has 0 radical (unpaired) electrons. The van der Waals surface area contributed by atoms with Crippen LogP contribution in [0.15, 0.2) is 24.8 Å². The van der Waals surface area contributed by atoms with Crippen molar-refractivity contribution in [1.82, 2.24) is 0 Å². The molecule has 0 aliphatic carbocycles. The first-order valence-corrected chi connectivity index (χ1v) is 4.27. The molecular weight excluding hydrogens is 204 g/mol. The van der Waals surface area contributed by atoms with Crippen molar-refractivity contribution in [3.8, 4) is 0 Å². The lowest BCUT2D eigenvalue weighted by molar-refractivity contribution is -0.383. The highest BCUT2D eigenvalue weighted by atomic mass is 35.5. The molecule has 0 amide bonds. The van der Waals surface area contributed by atoms with Gasteiger partial charge in [-0.15, -0.1) is 6.58 Å². The topological polar surface area (TPSA) is 69.2 Å². The summed E-state index contributed by atoms with van der Waals surface area (Å²) in [6, 6.07) is 2.84. The summed E-state index contributed by atoms with van der Waals surface area (Å²) in [6.07, 6.45) is 2.08. The van der Waals surface area contributed by atoms with Crippen LogP contribution in [0.4, 0.5) is 11.4 Å². The fourth-order valence-corrected chi connectivity index (χ4v) is 1.37. The third-order valence-corrected chi connectivity index (χ3v) is 1.99. The lowest BCUT2D eigenvalue weighted by atomic mass is 10.1. The molecule has 5 heteroatoms. The van der Waals surface area contributed by atoms with Crippen molar-refractivity contribution in [2.45, 2.75) is 6.42 Å². The Bertz CT molecular complexity index is 391. The smallest absolute Gasteiger partial charge is 0.293 e. The normalized spacial score (nSPS) is 9.79. The molecule has 0 heterocycles. The highest BCUT2D eigenvalue weighted by Gasteiger charge is 2.15. The van der Waals surface area contributed by atoms with Crippen molar-refractivity contribution < 1.29 is 4.92 Å². The molecule has 0 spiro atoms. The fourth-order valence-electron chi connectivity index (χ4n) is 1.13. The van der Waals surface area contributed by atoms with E-state index >= 15 is 0 Å². The summed E-state index contributed by atoms with van der Waals surface area (Å²) < 4.78 is 0. The molecule has 0 aliphatic heterocycles. The third kappa shape index (κ3) is 2.03. The fraction of sp³-hybridized carbons (Fsp3) is 0.111. The summed E-state index contributed by atoms with van der Waals surface area (Å²) in [6.45, 7) is 3.53. The number of nitrogens with two attached hydrogens (primary N) is 1. The number of halogens is 1. The van der Waals surface area contributed by atoms with Crippen LogP contribution in [0.5, 0.6) is 0 Å². The molecule has 0 unspecified atom stereocenters. The van der Waals surface area contributed by atoms with E-state index in [1.165, 1.54) is 6.07 Å². The zero-order valence-corrected chi connectivity index (χ0v) is 8.12. The standard InChI is InChI=1S/C9H9ClN2O2/c1-2-3-6-4-7(10)5-8(9(6)11)12(13)14/h2,4-5H,1,3,11H2. The Morgan fingerprint density at radius 3 is 2.79 bits per heavy atom. The number of anilines is 1. The van der Waals surface area contributed by atoms with Gasteiger partial charge in [0.2, 0.25) is 0 Å². The molecule has 0 saturated heterocycles. The second-order valence-electron chi connectivity index (χ2n) is 2.75. The Labute approximate surface area is 86.1 Å². The van der Waals surface area contributed by atoms with E-state index in [1.807, 2.05) is 0 Å². The molecule has 2 N–H and O–H groups in total. The average Bonchev–Trinajstić information content (AvgIpc) is 2.10. The summed E-state index contributed by atoms with van der Waals surface area (Å²) in [4.78, 5) is 10.0. The number of nitro benzene ring substituents is 1. The molecular formula is C9H9ClN2O2. The minimum atomic E-state index is -0.548. The van der Waals surface area contributed by atoms with Gasteiger partial charge in [-0.2, -0.15) is 0 Å². The number of rotatable bonds is 3. The van der Waals surface area contributed by atoms with Gasteiger partial charge in [0.1, 0.15) is 5.69 Å². The summed E-state index contributed by atoms with van der Waals surface area (Å²) in [5.41, 5.74) is 6.21. The Hall–Kier alpha value is -1.55. The Morgan fingerprint density at radius 1 is 1.64 bits per heavy atom. The van der Waals surface area contributed by atoms with Crippen molar-refractivity contribution in [2.24, 2.45) is 0 Å². The van der Waals surface area contributed by atoms with Crippen molar-refractivity contribution >= 4 is 23.0 Å². The molecule has 14 heavy (non-hydrogen) atoms. The van der Waals surface area contributed by atoms with Crippen molar-refractivity contribution in [1.29, 1.82) is 0 Å². The molecule has 0 atom stereocenters. The van der Waals surface area contributed by atoms with Gasteiger partial charge in [0, 0.05) is 11.1 Å². The van der Waals surface area contributed by atoms with E-state index in [9.17, 15) is 10.1 Å². The van der Waals surface area contributed by atoms with Crippen LogP contribution in [0.25, 0.3) is 0 Å². The summed E-state index contributed by atoms with van der Waals surface area (Å²) in [5.74, 6) is 0. The van der Waals surface area contributed by atoms with E-state index in [2.05, 4.69) is 6.58 Å². The molecule has 1 rings (SSSR count). The molecule has 0 aliphatic rings. The second kappa shape index (κ2) is 4.11. The lowest BCUT2D eigenvalue weighted by Gasteiger charge is -2.04. The van der Waals surface area contributed by atoms with E-state index < -0.39 is 4.92 Å². The quantitative estimate of drug-likeness (QED) is 0.362.